The molecule has 0 aromatic rings. The topological polar surface area (TPSA) is 32.3 Å². The maximum atomic E-state index is 11.1. The molecule has 0 radical (unpaired) electrons. The Balaban J connectivity index is 0.000001000. The van der Waals surface area contributed by atoms with Crippen molar-refractivity contribution in [3.05, 3.63) is 0 Å². The minimum Gasteiger partial charge on any atom is -0.343 e. The van der Waals surface area contributed by atoms with Crippen LogP contribution in [0.3, 0.4) is 0 Å². The van der Waals surface area contributed by atoms with Crippen LogP contribution < -0.4 is 5.32 Å². The maximum absolute atomic E-state index is 11.1. The Kier molecular flexibility index (Phi) is 3.83. The van der Waals surface area contributed by atoms with Crippen molar-refractivity contribution in [1.29, 1.82) is 0 Å². The maximum Gasteiger partial charge on any atom is 0.239 e. The molecule has 66 valence electrons. The Labute approximate surface area is 73.5 Å². The molecule has 1 heterocycles. The van der Waals surface area contributed by atoms with Crippen LogP contribution in [-0.2, 0) is 4.79 Å². The zero-order valence-corrected chi connectivity index (χ0v) is 7.94. The van der Waals surface area contributed by atoms with Crippen LogP contribution in [0.5, 0.6) is 0 Å². The van der Waals surface area contributed by atoms with Crippen LogP contribution in [0.25, 0.3) is 0 Å². The average molecular weight is 179 g/mol. The Hall–Kier alpha value is -0.280. The van der Waals surface area contributed by atoms with Crippen molar-refractivity contribution in [2.75, 3.05) is 13.6 Å². The highest BCUT2D eigenvalue weighted by molar-refractivity contribution is 5.85. The summed E-state index contributed by atoms with van der Waals surface area (Å²) in [6.07, 6.45) is 0. The fourth-order valence-corrected chi connectivity index (χ4v) is 1.38. The molecule has 0 bridgehead atoms. The largest absolute Gasteiger partial charge is 0.343 e. The van der Waals surface area contributed by atoms with Crippen LogP contribution in [0.4, 0.5) is 0 Å². The lowest BCUT2D eigenvalue weighted by Gasteiger charge is -2.32. The van der Waals surface area contributed by atoms with Gasteiger partial charge in [0, 0.05) is 19.6 Å². The average Bonchev–Trinajstić information content (AvgIpc) is 1.82. The van der Waals surface area contributed by atoms with E-state index in [1.165, 1.54) is 0 Å². The van der Waals surface area contributed by atoms with Crippen molar-refractivity contribution in [3.8, 4) is 0 Å². The molecule has 0 saturated carbocycles. The van der Waals surface area contributed by atoms with Crippen LogP contribution >= 0.6 is 12.4 Å². The Morgan fingerprint density at radius 1 is 1.55 bits per heavy atom. The highest BCUT2D eigenvalue weighted by atomic mass is 35.5. The molecule has 0 aromatic heterocycles. The van der Waals surface area contributed by atoms with Gasteiger partial charge < -0.3 is 10.2 Å². The number of carbonyl (C=O) groups excluding carboxylic acids is 1. The molecule has 2 atom stereocenters. The molecule has 0 unspecified atom stereocenters. The molecule has 1 N–H and O–H groups in total. The summed E-state index contributed by atoms with van der Waals surface area (Å²) in [6.45, 7) is 4.80. The lowest BCUT2D eigenvalue weighted by molar-refractivity contribution is -0.134. The minimum atomic E-state index is -0.00579. The Bertz CT molecular complexity index is 137. The van der Waals surface area contributed by atoms with E-state index in [0.29, 0.717) is 6.04 Å². The Morgan fingerprint density at radius 2 is 2.09 bits per heavy atom. The number of amides is 1. The van der Waals surface area contributed by atoms with E-state index in [2.05, 4.69) is 12.2 Å². The highest BCUT2D eigenvalue weighted by Crippen LogP contribution is 2.01. The van der Waals surface area contributed by atoms with Crippen LogP contribution in [-0.4, -0.2) is 36.5 Å². The van der Waals surface area contributed by atoms with Gasteiger partial charge in [0.1, 0.15) is 0 Å². The standard InChI is InChI=1S/C7H14N2O.ClH/c1-5-4-9(3)7(10)6(2)8-5;/h5-6,8H,4H2,1-3H3;1H/t5-,6+;/m0./s1. The molecule has 1 amide bonds. The van der Waals surface area contributed by atoms with Gasteiger partial charge in [-0.2, -0.15) is 0 Å². The van der Waals surface area contributed by atoms with E-state index < -0.39 is 0 Å². The number of rotatable bonds is 0. The summed E-state index contributed by atoms with van der Waals surface area (Å²) in [6, 6.07) is 0.423. The number of nitrogens with one attached hydrogen (secondary N) is 1. The van der Waals surface area contributed by atoms with Crippen molar-refractivity contribution < 1.29 is 4.79 Å². The zero-order valence-electron chi connectivity index (χ0n) is 7.13. The van der Waals surface area contributed by atoms with E-state index in [9.17, 15) is 4.79 Å². The van der Waals surface area contributed by atoms with Gasteiger partial charge in [-0.25, -0.2) is 0 Å². The number of hydrogen-bond donors (Lipinski definition) is 1. The van der Waals surface area contributed by atoms with Gasteiger partial charge >= 0.3 is 0 Å². The molecule has 11 heavy (non-hydrogen) atoms. The van der Waals surface area contributed by atoms with Gasteiger partial charge in [-0.3, -0.25) is 4.79 Å². The van der Waals surface area contributed by atoms with Crippen LogP contribution in [0.15, 0.2) is 0 Å². The molecular formula is C7H15ClN2O. The summed E-state index contributed by atoms with van der Waals surface area (Å²) in [5.41, 5.74) is 0. The predicted octanol–water partition coefficient (Wildman–Crippen LogP) is 0.247. The van der Waals surface area contributed by atoms with E-state index >= 15 is 0 Å². The molecule has 1 aliphatic heterocycles. The first-order valence-corrected chi connectivity index (χ1v) is 3.62. The van der Waals surface area contributed by atoms with E-state index in [1.54, 1.807) is 4.90 Å². The van der Waals surface area contributed by atoms with E-state index in [1.807, 2.05) is 14.0 Å². The number of likely N-dealkylation sites (N-methyl/N-ethyl adjacent to an activating group) is 1. The number of nitrogens with zero attached hydrogens (tertiary/aromatic N) is 1. The first-order chi connectivity index (χ1) is 4.61. The zero-order chi connectivity index (χ0) is 7.72. The van der Waals surface area contributed by atoms with Crippen molar-refractivity contribution in [2.45, 2.75) is 25.9 Å². The lowest BCUT2D eigenvalue weighted by Crippen LogP contribution is -2.56. The molecule has 4 heteroatoms. The summed E-state index contributed by atoms with van der Waals surface area (Å²) < 4.78 is 0. The molecule has 1 saturated heterocycles. The van der Waals surface area contributed by atoms with Crippen molar-refractivity contribution >= 4 is 18.3 Å². The number of hydrogen-bond acceptors (Lipinski definition) is 2. The third kappa shape index (κ3) is 2.34. The van der Waals surface area contributed by atoms with Crippen molar-refractivity contribution in [2.24, 2.45) is 0 Å². The highest BCUT2D eigenvalue weighted by Gasteiger charge is 2.25. The summed E-state index contributed by atoms with van der Waals surface area (Å²) in [5, 5.41) is 3.17. The van der Waals surface area contributed by atoms with Crippen LogP contribution in [0, 0.1) is 0 Å². The van der Waals surface area contributed by atoms with E-state index in [0.717, 1.165) is 6.54 Å². The quantitative estimate of drug-likeness (QED) is 0.577. The number of halogens is 1. The molecule has 0 spiro atoms. The monoisotopic (exact) mass is 178 g/mol. The molecular weight excluding hydrogens is 164 g/mol. The Morgan fingerprint density at radius 3 is 2.55 bits per heavy atom. The minimum absolute atomic E-state index is 0. The third-order valence-electron chi connectivity index (χ3n) is 1.83. The van der Waals surface area contributed by atoms with Crippen molar-refractivity contribution in [3.63, 3.8) is 0 Å². The molecule has 0 aliphatic carbocycles. The third-order valence-corrected chi connectivity index (χ3v) is 1.83. The van der Waals surface area contributed by atoms with E-state index in [-0.39, 0.29) is 24.4 Å². The number of piperazine rings is 1. The SMILES string of the molecule is C[C@H]1CN(C)C(=O)[C@@H](C)N1.Cl. The van der Waals surface area contributed by atoms with Gasteiger partial charge in [-0.15, -0.1) is 12.4 Å². The lowest BCUT2D eigenvalue weighted by atomic mass is 10.1. The summed E-state index contributed by atoms with van der Waals surface area (Å²) in [7, 11) is 1.84. The summed E-state index contributed by atoms with van der Waals surface area (Å²) in [5.74, 6) is 0.193. The van der Waals surface area contributed by atoms with Gasteiger partial charge in [-0.05, 0) is 13.8 Å². The smallest absolute Gasteiger partial charge is 0.239 e. The summed E-state index contributed by atoms with van der Waals surface area (Å²) in [4.78, 5) is 12.9. The summed E-state index contributed by atoms with van der Waals surface area (Å²) >= 11 is 0. The predicted molar refractivity (Wildman–Crippen MR) is 46.9 cm³/mol. The fraction of sp³-hybridized carbons (Fsp3) is 0.857. The van der Waals surface area contributed by atoms with Gasteiger partial charge in [0.05, 0.1) is 6.04 Å². The molecule has 1 fully saturated rings. The molecule has 3 nitrogen and oxygen atoms in total. The molecule has 1 rings (SSSR count). The van der Waals surface area contributed by atoms with Crippen LogP contribution in [0.1, 0.15) is 13.8 Å². The van der Waals surface area contributed by atoms with Crippen molar-refractivity contribution in [1.82, 2.24) is 10.2 Å². The van der Waals surface area contributed by atoms with Gasteiger partial charge in [0.15, 0.2) is 0 Å². The van der Waals surface area contributed by atoms with Gasteiger partial charge in [0.25, 0.3) is 0 Å². The second-order valence-electron chi connectivity index (χ2n) is 3.01. The first kappa shape index (κ1) is 10.7. The fourth-order valence-electron chi connectivity index (χ4n) is 1.38. The van der Waals surface area contributed by atoms with E-state index in [4.69, 9.17) is 0 Å². The second-order valence-corrected chi connectivity index (χ2v) is 3.01. The number of carbonyl (C=O) groups is 1. The molecule has 1 aliphatic rings. The van der Waals surface area contributed by atoms with Gasteiger partial charge in [0.2, 0.25) is 5.91 Å². The normalized spacial score (nSPS) is 31.5. The van der Waals surface area contributed by atoms with Gasteiger partial charge in [-0.1, -0.05) is 0 Å². The first-order valence-electron chi connectivity index (χ1n) is 3.62. The van der Waals surface area contributed by atoms with Crippen LogP contribution in [0.2, 0.25) is 0 Å². The second kappa shape index (κ2) is 3.93. The molecule has 0 aromatic carbocycles.